The van der Waals surface area contributed by atoms with Crippen molar-refractivity contribution in [2.45, 2.75) is 19.8 Å². The van der Waals surface area contributed by atoms with Gasteiger partial charge in [0.25, 0.3) is 0 Å². The first-order valence-corrected chi connectivity index (χ1v) is 9.50. The molecule has 3 nitrogen and oxygen atoms in total. The Morgan fingerprint density at radius 1 is 0.857 bits per heavy atom. The molecule has 0 bridgehead atoms. The molecule has 28 heavy (non-hydrogen) atoms. The molecule has 0 spiro atoms. The second kappa shape index (κ2) is 6.61. The minimum Gasteiger partial charge on any atom is -0.455 e. The summed E-state index contributed by atoms with van der Waals surface area (Å²) in [6.07, 6.45) is 3.75. The van der Waals surface area contributed by atoms with E-state index in [1.807, 2.05) is 43.6 Å². The third-order valence-corrected chi connectivity index (χ3v) is 5.45. The van der Waals surface area contributed by atoms with Crippen LogP contribution in [0.5, 0.6) is 0 Å². The van der Waals surface area contributed by atoms with E-state index in [1.165, 1.54) is 11.1 Å². The summed E-state index contributed by atoms with van der Waals surface area (Å²) in [6.45, 7) is 4.24. The van der Waals surface area contributed by atoms with Crippen molar-refractivity contribution in [2.75, 3.05) is 0 Å². The van der Waals surface area contributed by atoms with Crippen molar-refractivity contribution in [3.63, 3.8) is 0 Å². The smallest absolute Gasteiger partial charge is 0.148 e. The summed E-state index contributed by atoms with van der Waals surface area (Å²) in [5.74, 6) is 0.285. The number of pyridine rings is 2. The second-order valence-electron chi connectivity index (χ2n) is 7.17. The lowest BCUT2D eigenvalue weighted by molar-refractivity contribution is 0.669. The standard InChI is InChI=1S/C25H20N2O/c1-16(18-8-4-3-5-9-18)19-12-13-26-22(14-19)21-15-27-17(2)24-20-10-6-7-11-23(20)28-25(21)24/h3-16H,1-2H3. The van der Waals surface area contributed by atoms with Crippen LogP contribution in [0.2, 0.25) is 0 Å². The SMILES string of the molecule is Cc1ncc(-c2cc(C(C)c3ccccc3)ccn2)c2oc3ccccc3c12. The van der Waals surface area contributed by atoms with Gasteiger partial charge in [-0.1, -0.05) is 55.5 Å². The number of rotatable bonds is 3. The first-order chi connectivity index (χ1) is 13.7. The number of hydrogen-bond donors (Lipinski definition) is 0. The third-order valence-electron chi connectivity index (χ3n) is 5.45. The Bertz CT molecular complexity index is 1290. The van der Waals surface area contributed by atoms with Crippen LogP contribution in [0.25, 0.3) is 33.2 Å². The lowest BCUT2D eigenvalue weighted by Gasteiger charge is -2.13. The van der Waals surface area contributed by atoms with Crippen LogP contribution in [0.4, 0.5) is 0 Å². The Hall–Kier alpha value is -3.46. The highest BCUT2D eigenvalue weighted by Crippen LogP contribution is 2.36. The van der Waals surface area contributed by atoms with E-state index in [4.69, 9.17) is 4.42 Å². The van der Waals surface area contributed by atoms with E-state index >= 15 is 0 Å². The number of benzene rings is 2. The van der Waals surface area contributed by atoms with Gasteiger partial charge in [0.1, 0.15) is 11.2 Å². The molecule has 136 valence electrons. The third kappa shape index (κ3) is 2.67. The predicted octanol–water partition coefficient (Wildman–Crippen LogP) is 6.50. The van der Waals surface area contributed by atoms with Gasteiger partial charge in [-0.05, 0) is 36.2 Å². The normalized spacial score (nSPS) is 12.5. The second-order valence-corrected chi connectivity index (χ2v) is 7.17. The molecule has 0 amide bonds. The molecular weight excluding hydrogens is 344 g/mol. The van der Waals surface area contributed by atoms with Gasteiger partial charge >= 0.3 is 0 Å². The van der Waals surface area contributed by atoms with Gasteiger partial charge in [0.2, 0.25) is 0 Å². The molecule has 3 aromatic heterocycles. The molecule has 0 saturated carbocycles. The van der Waals surface area contributed by atoms with Gasteiger partial charge < -0.3 is 4.42 Å². The molecule has 5 rings (SSSR count). The van der Waals surface area contributed by atoms with Gasteiger partial charge in [-0.15, -0.1) is 0 Å². The highest BCUT2D eigenvalue weighted by Gasteiger charge is 2.17. The van der Waals surface area contributed by atoms with Gasteiger partial charge in [-0.2, -0.15) is 0 Å². The van der Waals surface area contributed by atoms with Crippen LogP contribution < -0.4 is 0 Å². The summed E-state index contributed by atoms with van der Waals surface area (Å²) >= 11 is 0. The quantitative estimate of drug-likeness (QED) is 0.367. The summed E-state index contributed by atoms with van der Waals surface area (Å²) in [5.41, 5.74) is 7.03. The fraction of sp³-hybridized carbons (Fsp3) is 0.120. The molecule has 0 aliphatic rings. The average molecular weight is 364 g/mol. The molecule has 0 radical (unpaired) electrons. The Kier molecular flexibility index (Phi) is 3.94. The zero-order chi connectivity index (χ0) is 19.1. The molecule has 0 fully saturated rings. The zero-order valence-corrected chi connectivity index (χ0v) is 15.9. The van der Waals surface area contributed by atoms with Gasteiger partial charge in [0.15, 0.2) is 0 Å². The number of aromatic nitrogens is 2. The Morgan fingerprint density at radius 3 is 2.50 bits per heavy atom. The van der Waals surface area contributed by atoms with Gasteiger partial charge in [-0.3, -0.25) is 9.97 Å². The van der Waals surface area contributed by atoms with Crippen molar-refractivity contribution in [1.82, 2.24) is 9.97 Å². The maximum absolute atomic E-state index is 6.22. The van der Waals surface area contributed by atoms with Crippen LogP contribution in [0.1, 0.15) is 29.7 Å². The highest BCUT2D eigenvalue weighted by atomic mass is 16.3. The molecule has 0 saturated heterocycles. The summed E-state index contributed by atoms with van der Waals surface area (Å²) < 4.78 is 6.22. The molecular formula is C25H20N2O. The van der Waals surface area contributed by atoms with Crippen molar-refractivity contribution in [3.8, 4) is 11.3 Å². The number of fused-ring (bicyclic) bond motifs is 3. The minimum atomic E-state index is 0.285. The maximum atomic E-state index is 6.22. The summed E-state index contributed by atoms with van der Waals surface area (Å²) in [5, 5.41) is 2.16. The maximum Gasteiger partial charge on any atom is 0.148 e. The number of nitrogens with zero attached hydrogens (tertiary/aromatic N) is 2. The van der Waals surface area contributed by atoms with Crippen LogP contribution in [0.15, 0.2) is 83.5 Å². The molecule has 2 aromatic carbocycles. The van der Waals surface area contributed by atoms with Crippen molar-refractivity contribution in [1.29, 1.82) is 0 Å². The van der Waals surface area contributed by atoms with E-state index in [0.29, 0.717) is 0 Å². The Labute approximate surface area is 163 Å². The number of para-hydroxylation sites is 1. The van der Waals surface area contributed by atoms with E-state index in [1.54, 1.807) is 0 Å². The predicted molar refractivity (Wildman–Crippen MR) is 113 cm³/mol. The zero-order valence-electron chi connectivity index (χ0n) is 15.9. The fourth-order valence-electron chi connectivity index (χ4n) is 3.86. The monoisotopic (exact) mass is 364 g/mol. The number of hydrogen-bond acceptors (Lipinski definition) is 3. The summed E-state index contributed by atoms with van der Waals surface area (Å²) in [7, 11) is 0. The topological polar surface area (TPSA) is 38.9 Å². The van der Waals surface area contributed by atoms with E-state index in [2.05, 4.69) is 59.4 Å². The van der Waals surface area contributed by atoms with Crippen molar-refractivity contribution in [3.05, 3.63) is 95.9 Å². The lowest BCUT2D eigenvalue weighted by Crippen LogP contribution is -1.97. The van der Waals surface area contributed by atoms with E-state index in [9.17, 15) is 0 Å². The Balaban J connectivity index is 1.68. The van der Waals surface area contributed by atoms with Crippen molar-refractivity contribution < 1.29 is 4.42 Å². The van der Waals surface area contributed by atoms with Crippen LogP contribution in [-0.2, 0) is 0 Å². The van der Waals surface area contributed by atoms with Crippen LogP contribution in [-0.4, -0.2) is 9.97 Å². The number of aryl methyl sites for hydroxylation is 1. The molecule has 0 aliphatic heterocycles. The van der Waals surface area contributed by atoms with Crippen LogP contribution >= 0.6 is 0 Å². The minimum absolute atomic E-state index is 0.285. The van der Waals surface area contributed by atoms with E-state index < -0.39 is 0 Å². The molecule has 1 atom stereocenters. The average Bonchev–Trinajstić information content (AvgIpc) is 3.14. The van der Waals surface area contributed by atoms with Crippen molar-refractivity contribution in [2.24, 2.45) is 0 Å². The molecule has 0 N–H and O–H groups in total. The summed E-state index contributed by atoms with van der Waals surface area (Å²) in [6, 6.07) is 22.9. The first kappa shape index (κ1) is 16.7. The van der Waals surface area contributed by atoms with Crippen LogP contribution in [0, 0.1) is 6.92 Å². The first-order valence-electron chi connectivity index (χ1n) is 9.50. The molecule has 5 aromatic rings. The largest absolute Gasteiger partial charge is 0.455 e. The van der Waals surface area contributed by atoms with E-state index in [0.717, 1.165) is 38.9 Å². The highest BCUT2D eigenvalue weighted by molar-refractivity contribution is 6.10. The Morgan fingerprint density at radius 2 is 1.64 bits per heavy atom. The fourth-order valence-corrected chi connectivity index (χ4v) is 3.86. The molecule has 0 aliphatic carbocycles. The molecule has 3 heterocycles. The van der Waals surface area contributed by atoms with Gasteiger partial charge in [-0.25, -0.2) is 0 Å². The lowest BCUT2D eigenvalue weighted by atomic mass is 9.93. The summed E-state index contributed by atoms with van der Waals surface area (Å²) in [4.78, 5) is 9.27. The van der Waals surface area contributed by atoms with Crippen LogP contribution in [0.3, 0.4) is 0 Å². The van der Waals surface area contributed by atoms with Crippen molar-refractivity contribution >= 4 is 21.9 Å². The number of furan rings is 1. The van der Waals surface area contributed by atoms with Gasteiger partial charge in [0.05, 0.1) is 16.6 Å². The van der Waals surface area contributed by atoms with E-state index in [-0.39, 0.29) is 5.92 Å². The van der Waals surface area contributed by atoms with Gasteiger partial charge in [0, 0.05) is 29.4 Å². The molecule has 1 unspecified atom stereocenters. The molecule has 3 heteroatoms.